The molecule has 5 nitrogen and oxygen atoms in total. The van der Waals surface area contributed by atoms with E-state index in [1.54, 1.807) is 25.1 Å². The monoisotopic (exact) mass is 416 g/mol. The highest BCUT2D eigenvalue weighted by atomic mass is 35.5. The van der Waals surface area contributed by atoms with Gasteiger partial charge in [0.25, 0.3) is 0 Å². The normalized spacial score (nSPS) is 12.5. The zero-order chi connectivity index (χ0) is 20.3. The number of hydrogen-bond acceptors (Lipinski definition) is 3. The number of nitrogens with zero attached hydrogens (tertiary/aromatic N) is 1. The third-order valence-electron chi connectivity index (χ3n) is 4.48. The zero-order valence-corrected chi connectivity index (χ0v) is 17.2. The summed E-state index contributed by atoms with van der Waals surface area (Å²) in [5.41, 5.74) is 1.31. The molecule has 0 unspecified atom stereocenters. The summed E-state index contributed by atoms with van der Waals surface area (Å²) in [6.45, 7) is 1.86. The number of carbonyl (C=O) groups excluding carboxylic acids is 1. The van der Waals surface area contributed by atoms with Crippen LogP contribution < -0.4 is 9.62 Å². The minimum absolute atomic E-state index is 0.303. The van der Waals surface area contributed by atoms with Gasteiger partial charge in [-0.1, -0.05) is 60.1 Å². The zero-order valence-electron chi connectivity index (χ0n) is 15.6. The number of anilines is 1. The van der Waals surface area contributed by atoms with Gasteiger partial charge in [0.15, 0.2) is 0 Å². The Morgan fingerprint density at radius 1 is 1.07 bits per heavy atom. The predicted molar refractivity (Wildman–Crippen MR) is 114 cm³/mol. The molecule has 7 heteroatoms. The number of nitrogens with one attached hydrogen (secondary N) is 1. The first-order valence-electron chi connectivity index (χ1n) is 8.76. The Hall–Kier alpha value is -2.57. The number of benzene rings is 3. The summed E-state index contributed by atoms with van der Waals surface area (Å²) < 4.78 is 25.8. The van der Waals surface area contributed by atoms with E-state index in [-0.39, 0.29) is 0 Å². The smallest absolute Gasteiger partial charge is 0.243 e. The quantitative estimate of drug-likeness (QED) is 0.661. The van der Waals surface area contributed by atoms with Gasteiger partial charge in [-0.3, -0.25) is 9.10 Å². The van der Waals surface area contributed by atoms with Crippen molar-refractivity contribution in [2.45, 2.75) is 19.5 Å². The Kier molecular flexibility index (Phi) is 5.91. The summed E-state index contributed by atoms with van der Waals surface area (Å²) in [7, 11) is -3.68. The van der Waals surface area contributed by atoms with Crippen LogP contribution in [0.4, 0.5) is 5.69 Å². The molecular formula is C21H21ClN2O3S. The first kappa shape index (κ1) is 20.2. The van der Waals surface area contributed by atoms with Gasteiger partial charge in [-0.25, -0.2) is 8.42 Å². The molecule has 0 fully saturated rings. The van der Waals surface area contributed by atoms with Crippen LogP contribution in [0.15, 0.2) is 66.7 Å². The third-order valence-corrected chi connectivity index (χ3v) is 5.96. The number of rotatable bonds is 6. The van der Waals surface area contributed by atoms with Gasteiger partial charge in [-0.05, 0) is 41.5 Å². The van der Waals surface area contributed by atoms with E-state index in [0.717, 1.165) is 26.9 Å². The van der Waals surface area contributed by atoms with Crippen molar-refractivity contribution in [3.05, 3.63) is 77.3 Å². The fraction of sp³-hybridized carbons (Fsp3) is 0.190. The Balaban J connectivity index is 1.82. The molecule has 0 aliphatic rings. The molecule has 1 amide bonds. The number of carbonyl (C=O) groups is 1. The van der Waals surface area contributed by atoms with Crippen LogP contribution in [0.3, 0.4) is 0 Å². The Labute approximate surface area is 170 Å². The van der Waals surface area contributed by atoms with Crippen molar-refractivity contribution in [1.29, 1.82) is 0 Å². The number of halogens is 1. The SMILES string of the molecule is C[C@@H](C(=O)NCc1cccc2ccccc12)N(c1cccc(Cl)c1)S(C)(=O)=O. The molecule has 0 aliphatic heterocycles. The molecule has 0 aromatic heterocycles. The molecule has 146 valence electrons. The van der Waals surface area contributed by atoms with E-state index in [1.165, 1.54) is 6.07 Å². The van der Waals surface area contributed by atoms with E-state index in [2.05, 4.69) is 5.32 Å². The van der Waals surface area contributed by atoms with Crippen LogP contribution in [-0.4, -0.2) is 26.6 Å². The molecule has 0 heterocycles. The molecule has 3 rings (SSSR count). The van der Waals surface area contributed by atoms with E-state index in [0.29, 0.717) is 17.3 Å². The lowest BCUT2D eigenvalue weighted by Gasteiger charge is -2.28. The van der Waals surface area contributed by atoms with Crippen LogP contribution in [0.25, 0.3) is 10.8 Å². The van der Waals surface area contributed by atoms with Crippen LogP contribution >= 0.6 is 11.6 Å². The predicted octanol–water partition coefficient (Wildman–Crippen LogP) is 3.96. The largest absolute Gasteiger partial charge is 0.350 e. The summed E-state index contributed by atoms with van der Waals surface area (Å²) in [6.07, 6.45) is 1.07. The molecule has 3 aromatic rings. The highest BCUT2D eigenvalue weighted by Gasteiger charge is 2.29. The first-order valence-corrected chi connectivity index (χ1v) is 11.0. The minimum Gasteiger partial charge on any atom is -0.350 e. The number of amides is 1. The fourth-order valence-corrected chi connectivity index (χ4v) is 4.55. The van der Waals surface area contributed by atoms with Gasteiger partial charge in [0.2, 0.25) is 15.9 Å². The second-order valence-corrected chi connectivity index (χ2v) is 8.87. The van der Waals surface area contributed by atoms with E-state index >= 15 is 0 Å². The summed E-state index contributed by atoms with van der Waals surface area (Å²) in [6, 6.07) is 19.3. The third kappa shape index (κ3) is 4.46. The highest BCUT2D eigenvalue weighted by molar-refractivity contribution is 7.92. The Morgan fingerprint density at radius 2 is 1.75 bits per heavy atom. The van der Waals surface area contributed by atoms with Crippen molar-refractivity contribution in [1.82, 2.24) is 5.32 Å². The fourth-order valence-electron chi connectivity index (χ4n) is 3.20. The number of hydrogen-bond donors (Lipinski definition) is 1. The van der Waals surface area contributed by atoms with Gasteiger partial charge in [-0.15, -0.1) is 0 Å². The van der Waals surface area contributed by atoms with Gasteiger partial charge in [0, 0.05) is 11.6 Å². The lowest BCUT2D eigenvalue weighted by atomic mass is 10.0. The Bertz CT molecular complexity index is 1110. The van der Waals surface area contributed by atoms with Crippen molar-refractivity contribution >= 4 is 44.0 Å². The summed E-state index contributed by atoms with van der Waals surface area (Å²) in [5, 5.41) is 5.38. The van der Waals surface area contributed by atoms with E-state index in [4.69, 9.17) is 11.6 Å². The lowest BCUT2D eigenvalue weighted by Crippen LogP contribution is -2.47. The van der Waals surface area contributed by atoms with Gasteiger partial charge in [0.05, 0.1) is 11.9 Å². The molecule has 0 radical (unpaired) electrons. The number of fused-ring (bicyclic) bond motifs is 1. The van der Waals surface area contributed by atoms with Gasteiger partial charge < -0.3 is 5.32 Å². The molecular weight excluding hydrogens is 396 g/mol. The maximum atomic E-state index is 12.7. The van der Waals surface area contributed by atoms with Crippen LogP contribution in [0.5, 0.6) is 0 Å². The highest BCUT2D eigenvalue weighted by Crippen LogP contribution is 2.24. The second-order valence-electron chi connectivity index (χ2n) is 6.57. The average molecular weight is 417 g/mol. The topological polar surface area (TPSA) is 66.5 Å². The maximum absolute atomic E-state index is 12.7. The number of sulfonamides is 1. The van der Waals surface area contributed by atoms with E-state index in [9.17, 15) is 13.2 Å². The minimum atomic E-state index is -3.68. The van der Waals surface area contributed by atoms with Crippen LogP contribution in [0, 0.1) is 0 Å². The molecule has 28 heavy (non-hydrogen) atoms. The van der Waals surface area contributed by atoms with Crippen molar-refractivity contribution < 1.29 is 13.2 Å². The van der Waals surface area contributed by atoms with E-state index in [1.807, 2.05) is 42.5 Å². The first-order chi connectivity index (χ1) is 13.3. The average Bonchev–Trinajstić information content (AvgIpc) is 2.65. The van der Waals surface area contributed by atoms with Crippen LogP contribution in [-0.2, 0) is 21.4 Å². The standard InChI is InChI=1S/C21H21ClN2O3S/c1-15(24(28(2,26)27)19-11-6-10-18(22)13-19)21(25)23-14-17-9-5-8-16-7-3-4-12-20(16)17/h3-13,15H,14H2,1-2H3,(H,23,25)/t15-/m0/s1. The summed E-state index contributed by atoms with van der Waals surface area (Å²) in [5.74, 6) is -0.390. The van der Waals surface area contributed by atoms with Gasteiger partial charge in [-0.2, -0.15) is 0 Å². The molecule has 1 atom stereocenters. The van der Waals surface area contributed by atoms with Crippen LogP contribution in [0.2, 0.25) is 5.02 Å². The van der Waals surface area contributed by atoms with E-state index < -0.39 is 22.0 Å². The summed E-state index contributed by atoms with van der Waals surface area (Å²) in [4.78, 5) is 12.7. The maximum Gasteiger partial charge on any atom is 0.243 e. The second kappa shape index (κ2) is 8.20. The van der Waals surface area contributed by atoms with Crippen molar-refractivity contribution in [2.75, 3.05) is 10.6 Å². The molecule has 0 saturated heterocycles. The molecule has 3 aromatic carbocycles. The van der Waals surface area contributed by atoms with Crippen molar-refractivity contribution in [3.63, 3.8) is 0 Å². The molecule has 0 bridgehead atoms. The van der Waals surface area contributed by atoms with Gasteiger partial charge >= 0.3 is 0 Å². The van der Waals surface area contributed by atoms with Crippen molar-refractivity contribution in [2.24, 2.45) is 0 Å². The van der Waals surface area contributed by atoms with Crippen molar-refractivity contribution in [3.8, 4) is 0 Å². The van der Waals surface area contributed by atoms with Crippen LogP contribution in [0.1, 0.15) is 12.5 Å². The molecule has 1 N–H and O–H groups in total. The Morgan fingerprint density at radius 3 is 2.46 bits per heavy atom. The lowest BCUT2D eigenvalue weighted by molar-refractivity contribution is -0.122. The molecule has 0 saturated carbocycles. The van der Waals surface area contributed by atoms with Gasteiger partial charge in [0.1, 0.15) is 6.04 Å². The summed E-state index contributed by atoms with van der Waals surface area (Å²) >= 11 is 6.00. The molecule has 0 spiro atoms. The molecule has 0 aliphatic carbocycles.